The van der Waals surface area contributed by atoms with Crippen LogP contribution in [0, 0.1) is 5.82 Å². The molecule has 0 saturated carbocycles. The van der Waals surface area contributed by atoms with Crippen molar-refractivity contribution in [3.8, 4) is 22.8 Å². The lowest BCUT2D eigenvalue weighted by Crippen LogP contribution is -2.44. The van der Waals surface area contributed by atoms with Crippen LogP contribution in [0.4, 0.5) is 4.39 Å². The number of primary amides is 1. The standard InChI is InChI=1S/C24H25FN4O3/c25-17-9-13-19(14-10-17)32-18-11-7-16(8-12-18)20-5-3-6-22(28-20)24(31)29-21(23(27)30)4-1-2-15-26/h3,5-14,21H,1-2,4,15,26H2,(H2,27,30)(H,29,31)/t21-/m0/s1. The fourth-order valence-electron chi connectivity index (χ4n) is 3.06. The van der Waals surface area contributed by atoms with Gasteiger partial charge in [-0.1, -0.05) is 6.07 Å². The van der Waals surface area contributed by atoms with Gasteiger partial charge in [-0.3, -0.25) is 9.59 Å². The van der Waals surface area contributed by atoms with Crippen LogP contribution in [0.25, 0.3) is 11.3 Å². The van der Waals surface area contributed by atoms with E-state index in [9.17, 15) is 14.0 Å². The maximum Gasteiger partial charge on any atom is 0.270 e. The molecule has 0 bridgehead atoms. The molecular formula is C24H25FN4O3. The number of unbranched alkanes of at least 4 members (excludes halogenated alkanes) is 1. The van der Waals surface area contributed by atoms with Gasteiger partial charge in [0, 0.05) is 5.56 Å². The Morgan fingerprint density at radius 3 is 2.25 bits per heavy atom. The van der Waals surface area contributed by atoms with Crippen molar-refractivity contribution in [2.24, 2.45) is 11.5 Å². The van der Waals surface area contributed by atoms with E-state index < -0.39 is 17.9 Å². The number of rotatable bonds is 10. The SMILES string of the molecule is NCCCC[C@H](NC(=O)c1cccc(-c2ccc(Oc3ccc(F)cc3)cc2)n1)C(N)=O. The average Bonchev–Trinajstić information content (AvgIpc) is 2.80. The Labute approximate surface area is 185 Å². The summed E-state index contributed by atoms with van der Waals surface area (Å²) < 4.78 is 18.7. The second-order valence-corrected chi connectivity index (χ2v) is 7.20. The summed E-state index contributed by atoms with van der Waals surface area (Å²) in [7, 11) is 0. The van der Waals surface area contributed by atoms with Gasteiger partial charge in [-0.25, -0.2) is 9.37 Å². The summed E-state index contributed by atoms with van der Waals surface area (Å²) >= 11 is 0. The van der Waals surface area contributed by atoms with Crippen LogP contribution in [0.2, 0.25) is 0 Å². The van der Waals surface area contributed by atoms with Gasteiger partial charge in [0.05, 0.1) is 5.69 Å². The Kier molecular flexibility index (Phi) is 7.88. The number of carbonyl (C=O) groups excluding carboxylic acids is 2. The molecule has 7 nitrogen and oxygen atoms in total. The molecule has 0 aliphatic rings. The van der Waals surface area contributed by atoms with Crippen molar-refractivity contribution in [3.63, 3.8) is 0 Å². The van der Waals surface area contributed by atoms with Crippen LogP contribution in [-0.4, -0.2) is 29.4 Å². The van der Waals surface area contributed by atoms with E-state index in [0.29, 0.717) is 36.6 Å². The fraction of sp³-hybridized carbons (Fsp3) is 0.208. The Balaban J connectivity index is 1.68. The van der Waals surface area contributed by atoms with Gasteiger partial charge in [-0.15, -0.1) is 0 Å². The molecule has 2 aromatic carbocycles. The van der Waals surface area contributed by atoms with E-state index in [1.54, 1.807) is 42.5 Å². The molecule has 1 heterocycles. The van der Waals surface area contributed by atoms with Crippen molar-refractivity contribution in [1.29, 1.82) is 0 Å². The van der Waals surface area contributed by atoms with Crippen molar-refractivity contribution >= 4 is 11.8 Å². The van der Waals surface area contributed by atoms with Crippen molar-refractivity contribution in [2.75, 3.05) is 6.54 Å². The van der Waals surface area contributed by atoms with E-state index in [1.165, 1.54) is 12.1 Å². The number of hydrogen-bond acceptors (Lipinski definition) is 5. The largest absolute Gasteiger partial charge is 0.457 e. The molecule has 32 heavy (non-hydrogen) atoms. The van der Waals surface area contributed by atoms with Crippen LogP contribution in [0.5, 0.6) is 11.5 Å². The van der Waals surface area contributed by atoms with E-state index in [2.05, 4.69) is 10.3 Å². The molecule has 8 heteroatoms. The quantitative estimate of drug-likeness (QED) is 0.421. The minimum absolute atomic E-state index is 0.180. The van der Waals surface area contributed by atoms with Gasteiger partial charge in [0.2, 0.25) is 5.91 Å². The normalized spacial score (nSPS) is 11.6. The highest BCUT2D eigenvalue weighted by molar-refractivity contribution is 5.96. The first-order valence-electron chi connectivity index (χ1n) is 10.3. The van der Waals surface area contributed by atoms with Crippen LogP contribution in [0.15, 0.2) is 66.7 Å². The second-order valence-electron chi connectivity index (χ2n) is 7.20. The summed E-state index contributed by atoms with van der Waals surface area (Å²) in [5.41, 5.74) is 12.4. The summed E-state index contributed by atoms with van der Waals surface area (Å²) in [6.45, 7) is 0.511. The van der Waals surface area contributed by atoms with Gasteiger partial charge in [0.15, 0.2) is 0 Å². The number of halogens is 1. The first-order chi connectivity index (χ1) is 15.5. The predicted octanol–water partition coefficient (Wildman–Crippen LogP) is 3.39. The van der Waals surface area contributed by atoms with E-state index in [-0.39, 0.29) is 11.5 Å². The van der Waals surface area contributed by atoms with Crippen LogP contribution < -0.4 is 21.5 Å². The molecule has 3 rings (SSSR count). The summed E-state index contributed by atoms with van der Waals surface area (Å²) in [5, 5.41) is 2.65. The molecule has 0 saturated heterocycles. The lowest BCUT2D eigenvalue weighted by Gasteiger charge is -2.15. The zero-order valence-corrected chi connectivity index (χ0v) is 17.5. The first kappa shape index (κ1) is 22.9. The highest BCUT2D eigenvalue weighted by atomic mass is 19.1. The van der Waals surface area contributed by atoms with E-state index in [1.807, 2.05) is 12.1 Å². The summed E-state index contributed by atoms with van der Waals surface area (Å²) in [6, 6.07) is 17.2. The lowest BCUT2D eigenvalue weighted by molar-refractivity contribution is -0.120. The average molecular weight is 436 g/mol. The minimum Gasteiger partial charge on any atom is -0.457 e. The van der Waals surface area contributed by atoms with Gasteiger partial charge in [0.25, 0.3) is 5.91 Å². The Bertz CT molecular complexity index is 1060. The molecule has 0 spiro atoms. The molecule has 3 aromatic rings. The predicted molar refractivity (Wildman–Crippen MR) is 120 cm³/mol. The smallest absolute Gasteiger partial charge is 0.270 e. The highest BCUT2D eigenvalue weighted by Gasteiger charge is 2.19. The van der Waals surface area contributed by atoms with E-state index in [0.717, 1.165) is 12.0 Å². The van der Waals surface area contributed by atoms with Gasteiger partial charge in [-0.2, -0.15) is 0 Å². The summed E-state index contributed by atoms with van der Waals surface area (Å²) in [5.74, 6) is -0.300. The maximum atomic E-state index is 13.0. The number of pyridine rings is 1. The molecule has 0 unspecified atom stereocenters. The first-order valence-corrected chi connectivity index (χ1v) is 10.3. The molecule has 0 radical (unpaired) electrons. The molecule has 0 aliphatic carbocycles. The van der Waals surface area contributed by atoms with Crippen LogP contribution in [0.1, 0.15) is 29.8 Å². The number of benzene rings is 2. The van der Waals surface area contributed by atoms with E-state index in [4.69, 9.17) is 16.2 Å². The molecule has 0 fully saturated rings. The summed E-state index contributed by atoms with van der Waals surface area (Å²) in [6.07, 6.45) is 1.85. The van der Waals surface area contributed by atoms with Gasteiger partial charge in [0.1, 0.15) is 29.1 Å². The summed E-state index contributed by atoms with van der Waals surface area (Å²) in [4.78, 5) is 28.7. The Morgan fingerprint density at radius 1 is 0.969 bits per heavy atom. The third-order valence-corrected chi connectivity index (χ3v) is 4.78. The van der Waals surface area contributed by atoms with Gasteiger partial charge >= 0.3 is 0 Å². The number of aromatic nitrogens is 1. The van der Waals surface area contributed by atoms with Gasteiger partial charge < -0.3 is 21.5 Å². The molecular weight excluding hydrogens is 411 g/mol. The molecule has 166 valence electrons. The van der Waals surface area contributed by atoms with Crippen LogP contribution in [-0.2, 0) is 4.79 Å². The Hall–Kier alpha value is -3.78. The van der Waals surface area contributed by atoms with Crippen molar-refractivity contribution in [3.05, 3.63) is 78.2 Å². The molecule has 1 atom stereocenters. The monoisotopic (exact) mass is 436 g/mol. The number of nitrogens with zero attached hydrogens (tertiary/aromatic N) is 1. The zero-order chi connectivity index (χ0) is 22.9. The molecule has 2 amide bonds. The van der Waals surface area contributed by atoms with Crippen LogP contribution >= 0.6 is 0 Å². The Morgan fingerprint density at radius 2 is 1.62 bits per heavy atom. The number of nitrogens with one attached hydrogen (secondary N) is 1. The van der Waals surface area contributed by atoms with Gasteiger partial charge in [-0.05, 0) is 86.5 Å². The van der Waals surface area contributed by atoms with Crippen LogP contribution in [0.3, 0.4) is 0 Å². The lowest BCUT2D eigenvalue weighted by atomic mass is 10.1. The molecule has 5 N–H and O–H groups in total. The third-order valence-electron chi connectivity index (χ3n) is 4.78. The molecule has 0 aliphatic heterocycles. The minimum atomic E-state index is -0.776. The number of nitrogens with two attached hydrogens (primary N) is 2. The topological polar surface area (TPSA) is 120 Å². The maximum absolute atomic E-state index is 13.0. The zero-order valence-electron chi connectivity index (χ0n) is 17.5. The highest BCUT2D eigenvalue weighted by Crippen LogP contribution is 2.25. The van der Waals surface area contributed by atoms with E-state index >= 15 is 0 Å². The van der Waals surface area contributed by atoms with Crippen molar-refractivity contribution < 1.29 is 18.7 Å². The molecule has 1 aromatic heterocycles. The third kappa shape index (κ3) is 6.36. The number of hydrogen-bond donors (Lipinski definition) is 3. The number of ether oxygens (including phenoxy) is 1. The number of carbonyl (C=O) groups is 2. The van der Waals surface area contributed by atoms with Crippen molar-refractivity contribution in [2.45, 2.75) is 25.3 Å². The number of amides is 2. The second kappa shape index (κ2) is 11.0. The fourth-order valence-corrected chi connectivity index (χ4v) is 3.06. The van der Waals surface area contributed by atoms with Crippen molar-refractivity contribution in [1.82, 2.24) is 10.3 Å².